The molecule has 1 amide bonds. The smallest absolute Gasteiger partial charge is 0.338 e. The Hall–Kier alpha value is -2.14. The van der Waals surface area contributed by atoms with E-state index in [1.807, 2.05) is 45.0 Å². The molecule has 1 N–H and O–H groups in total. The van der Waals surface area contributed by atoms with Crippen LogP contribution in [0.2, 0.25) is 0 Å². The van der Waals surface area contributed by atoms with Crippen molar-refractivity contribution in [1.29, 1.82) is 0 Å². The molecule has 0 saturated carbocycles. The molecule has 2 aromatic rings. The van der Waals surface area contributed by atoms with Gasteiger partial charge in [0.2, 0.25) is 0 Å². The number of rotatable bonds is 4. The lowest BCUT2D eigenvalue weighted by atomic mass is 10.1. The molecule has 0 spiro atoms. The number of aryl methyl sites for hydroxylation is 3. The number of carbonyl (C=O) groups is 2. The summed E-state index contributed by atoms with van der Waals surface area (Å²) >= 11 is 3.48. The Morgan fingerprint density at radius 2 is 1.65 bits per heavy atom. The van der Waals surface area contributed by atoms with E-state index in [2.05, 4.69) is 21.2 Å². The van der Waals surface area contributed by atoms with Crippen molar-refractivity contribution in [2.24, 2.45) is 0 Å². The van der Waals surface area contributed by atoms with Gasteiger partial charge in [0, 0.05) is 10.2 Å². The highest BCUT2D eigenvalue weighted by molar-refractivity contribution is 9.10. The molecule has 0 aromatic heterocycles. The monoisotopic (exact) mass is 375 g/mol. The van der Waals surface area contributed by atoms with Crippen LogP contribution in [0.15, 0.2) is 40.9 Å². The van der Waals surface area contributed by atoms with Gasteiger partial charge < -0.3 is 10.1 Å². The van der Waals surface area contributed by atoms with Crippen molar-refractivity contribution in [2.75, 3.05) is 11.9 Å². The molecule has 120 valence electrons. The Morgan fingerprint density at radius 1 is 1.04 bits per heavy atom. The van der Waals surface area contributed by atoms with Crippen molar-refractivity contribution in [3.05, 3.63) is 63.1 Å². The zero-order valence-electron chi connectivity index (χ0n) is 13.3. The molecule has 0 radical (unpaired) electrons. The normalized spacial score (nSPS) is 10.3. The number of esters is 1. The lowest BCUT2D eigenvalue weighted by Gasteiger charge is -2.10. The molecule has 2 aromatic carbocycles. The SMILES string of the molecule is Cc1ccccc1C(=O)OCC(=O)Nc1cc(C)c(Br)c(C)c1. The first-order chi connectivity index (χ1) is 10.9. The van der Waals surface area contributed by atoms with Crippen LogP contribution in [-0.2, 0) is 9.53 Å². The highest BCUT2D eigenvalue weighted by atomic mass is 79.9. The summed E-state index contributed by atoms with van der Waals surface area (Å²) in [5.41, 5.74) is 4.02. The number of amides is 1. The van der Waals surface area contributed by atoms with Crippen molar-refractivity contribution in [1.82, 2.24) is 0 Å². The molecule has 5 heteroatoms. The first-order valence-electron chi connectivity index (χ1n) is 7.18. The van der Waals surface area contributed by atoms with E-state index in [1.165, 1.54) is 0 Å². The number of ether oxygens (including phenoxy) is 1. The van der Waals surface area contributed by atoms with Gasteiger partial charge in [0.15, 0.2) is 6.61 Å². The predicted molar refractivity (Wildman–Crippen MR) is 93.7 cm³/mol. The zero-order chi connectivity index (χ0) is 17.0. The molecule has 0 aliphatic carbocycles. The van der Waals surface area contributed by atoms with Crippen molar-refractivity contribution < 1.29 is 14.3 Å². The number of benzene rings is 2. The van der Waals surface area contributed by atoms with Gasteiger partial charge in [-0.2, -0.15) is 0 Å². The molecule has 0 saturated heterocycles. The molecular weight excluding hydrogens is 358 g/mol. The van der Waals surface area contributed by atoms with E-state index < -0.39 is 5.97 Å². The third-order valence-corrected chi connectivity index (χ3v) is 4.67. The average Bonchev–Trinajstić information content (AvgIpc) is 2.50. The van der Waals surface area contributed by atoms with Gasteiger partial charge in [0.25, 0.3) is 5.91 Å². The molecule has 0 unspecified atom stereocenters. The molecule has 23 heavy (non-hydrogen) atoms. The van der Waals surface area contributed by atoms with Crippen LogP contribution in [0.3, 0.4) is 0 Å². The standard InChI is InChI=1S/C18H18BrNO3/c1-11-6-4-5-7-15(11)18(22)23-10-16(21)20-14-8-12(2)17(19)13(3)9-14/h4-9H,10H2,1-3H3,(H,20,21). The Morgan fingerprint density at radius 3 is 2.26 bits per heavy atom. The van der Waals surface area contributed by atoms with Gasteiger partial charge in [-0.05, 0) is 55.7 Å². The molecular formula is C18H18BrNO3. The van der Waals surface area contributed by atoms with E-state index in [1.54, 1.807) is 12.1 Å². The fraction of sp³-hybridized carbons (Fsp3) is 0.222. The molecule has 2 rings (SSSR count). The van der Waals surface area contributed by atoms with E-state index in [4.69, 9.17) is 4.74 Å². The summed E-state index contributed by atoms with van der Waals surface area (Å²) in [5.74, 6) is -0.866. The second-order valence-corrected chi connectivity index (χ2v) is 6.16. The summed E-state index contributed by atoms with van der Waals surface area (Å²) in [4.78, 5) is 23.9. The van der Waals surface area contributed by atoms with E-state index in [-0.39, 0.29) is 12.5 Å². The van der Waals surface area contributed by atoms with Crippen LogP contribution < -0.4 is 5.32 Å². The summed E-state index contributed by atoms with van der Waals surface area (Å²) in [7, 11) is 0. The van der Waals surface area contributed by atoms with Gasteiger partial charge in [-0.15, -0.1) is 0 Å². The number of nitrogens with one attached hydrogen (secondary N) is 1. The molecule has 0 atom stereocenters. The minimum atomic E-state index is -0.499. The van der Waals surface area contributed by atoms with Gasteiger partial charge in [-0.1, -0.05) is 34.1 Å². The van der Waals surface area contributed by atoms with Crippen LogP contribution in [-0.4, -0.2) is 18.5 Å². The highest BCUT2D eigenvalue weighted by Gasteiger charge is 2.12. The zero-order valence-corrected chi connectivity index (χ0v) is 14.9. The van der Waals surface area contributed by atoms with Crippen molar-refractivity contribution in [3.8, 4) is 0 Å². The van der Waals surface area contributed by atoms with E-state index in [0.29, 0.717) is 11.3 Å². The van der Waals surface area contributed by atoms with Gasteiger partial charge in [-0.3, -0.25) is 4.79 Å². The van der Waals surface area contributed by atoms with E-state index >= 15 is 0 Å². The van der Waals surface area contributed by atoms with Crippen molar-refractivity contribution in [3.63, 3.8) is 0 Å². The molecule has 0 bridgehead atoms. The third-order valence-electron chi connectivity index (χ3n) is 3.42. The maximum atomic E-state index is 12.0. The van der Waals surface area contributed by atoms with Crippen LogP contribution in [0.25, 0.3) is 0 Å². The fourth-order valence-electron chi connectivity index (χ4n) is 2.23. The van der Waals surface area contributed by atoms with Crippen LogP contribution in [0.1, 0.15) is 27.0 Å². The van der Waals surface area contributed by atoms with Crippen LogP contribution in [0, 0.1) is 20.8 Å². The topological polar surface area (TPSA) is 55.4 Å². The van der Waals surface area contributed by atoms with Crippen molar-refractivity contribution in [2.45, 2.75) is 20.8 Å². The summed E-state index contributed by atoms with van der Waals surface area (Å²) in [5, 5.41) is 2.74. The minimum absolute atomic E-state index is 0.318. The minimum Gasteiger partial charge on any atom is -0.452 e. The predicted octanol–water partition coefficient (Wildman–Crippen LogP) is 4.17. The van der Waals surface area contributed by atoms with Gasteiger partial charge in [0.05, 0.1) is 5.56 Å². The lowest BCUT2D eigenvalue weighted by molar-refractivity contribution is -0.119. The second kappa shape index (κ2) is 7.42. The second-order valence-electron chi connectivity index (χ2n) is 5.36. The maximum Gasteiger partial charge on any atom is 0.338 e. The number of anilines is 1. The quantitative estimate of drug-likeness (QED) is 0.815. The molecule has 0 heterocycles. The number of hydrogen-bond donors (Lipinski definition) is 1. The lowest BCUT2D eigenvalue weighted by Crippen LogP contribution is -2.21. The Bertz CT molecular complexity index is 733. The third kappa shape index (κ3) is 4.42. The van der Waals surface area contributed by atoms with Crippen molar-refractivity contribution >= 4 is 33.5 Å². The first-order valence-corrected chi connectivity index (χ1v) is 7.97. The number of hydrogen-bond acceptors (Lipinski definition) is 3. The molecule has 0 fully saturated rings. The van der Waals surface area contributed by atoms with Crippen LogP contribution in [0.4, 0.5) is 5.69 Å². The van der Waals surface area contributed by atoms with Gasteiger partial charge in [0.1, 0.15) is 0 Å². The molecule has 0 aliphatic heterocycles. The summed E-state index contributed by atoms with van der Waals surface area (Å²) in [6.45, 7) is 5.40. The Kier molecular flexibility index (Phi) is 5.55. The van der Waals surface area contributed by atoms with E-state index in [0.717, 1.165) is 21.2 Å². The first kappa shape index (κ1) is 17.2. The number of carbonyl (C=O) groups excluding carboxylic acids is 2. The van der Waals surface area contributed by atoms with Gasteiger partial charge in [-0.25, -0.2) is 4.79 Å². The maximum absolute atomic E-state index is 12.0. The van der Waals surface area contributed by atoms with Gasteiger partial charge >= 0.3 is 5.97 Å². The molecule has 4 nitrogen and oxygen atoms in total. The fourth-order valence-corrected chi connectivity index (χ4v) is 2.45. The summed E-state index contributed by atoms with van der Waals surface area (Å²) < 4.78 is 6.08. The number of halogens is 1. The largest absolute Gasteiger partial charge is 0.452 e. The van der Waals surface area contributed by atoms with Crippen LogP contribution in [0.5, 0.6) is 0 Å². The molecule has 0 aliphatic rings. The summed E-state index contributed by atoms with van der Waals surface area (Å²) in [6.07, 6.45) is 0. The van der Waals surface area contributed by atoms with Crippen LogP contribution >= 0.6 is 15.9 Å². The summed E-state index contributed by atoms with van der Waals surface area (Å²) in [6, 6.07) is 10.8. The Balaban J connectivity index is 1.96. The highest BCUT2D eigenvalue weighted by Crippen LogP contribution is 2.24. The average molecular weight is 376 g/mol. The van der Waals surface area contributed by atoms with E-state index in [9.17, 15) is 9.59 Å². The Labute approximate surface area is 144 Å².